The quantitative estimate of drug-likeness (QED) is 0.523. The third-order valence-electron chi connectivity index (χ3n) is 4.92. The molecule has 3 heterocycles. The number of nitrogens with zero attached hydrogens (tertiary/aromatic N) is 3. The largest absolute Gasteiger partial charge is 0.332 e. The van der Waals surface area contributed by atoms with Gasteiger partial charge in [0.25, 0.3) is 5.91 Å². The topological polar surface area (TPSA) is 76.9 Å². The number of aromatic nitrogens is 3. The zero-order chi connectivity index (χ0) is 21.3. The van der Waals surface area contributed by atoms with Crippen LogP contribution in [-0.4, -0.2) is 20.4 Å². The molecule has 0 saturated carbocycles. The number of anilines is 1. The van der Waals surface area contributed by atoms with E-state index in [-0.39, 0.29) is 11.0 Å². The maximum atomic E-state index is 12.9. The highest BCUT2D eigenvalue weighted by Crippen LogP contribution is 2.22. The first-order chi connectivity index (χ1) is 14.4. The summed E-state index contributed by atoms with van der Waals surface area (Å²) in [5, 5.41) is 3.69. The van der Waals surface area contributed by atoms with E-state index in [2.05, 4.69) is 46.5 Å². The molecule has 152 valence electrons. The van der Waals surface area contributed by atoms with Gasteiger partial charge in [0.2, 0.25) is 5.43 Å². The molecule has 4 rings (SSSR count). The van der Waals surface area contributed by atoms with Gasteiger partial charge in [-0.25, -0.2) is 9.97 Å². The minimum absolute atomic E-state index is 0.0882. The van der Waals surface area contributed by atoms with E-state index in [1.165, 1.54) is 22.5 Å². The first-order valence-corrected chi connectivity index (χ1v) is 10.6. The van der Waals surface area contributed by atoms with E-state index in [0.29, 0.717) is 22.7 Å². The number of fused-ring (bicyclic) bond motifs is 1. The lowest BCUT2D eigenvalue weighted by Gasteiger charge is -2.11. The monoisotopic (exact) mass is 418 g/mol. The summed E-state index contributed by atoms with van der Waals surface area (Å²) in [6.07, 6.45) is 4.09. The number of carbonyl (C=O) groups is 1. The number of rotatable bonds is 5. The molecule has 3 aromatic heterocycles. The van der Waals surface area contributed by atoms with Gasteiger partial charge >= 0.3 is 0 Å². The first kappa shape index (κ1) is 20.0. The molecule has 1 amide bonds. The lowest BCUT2D eigenvalue weighted by molar-refractivity contribution is 0.102. The zero-order valence-electron chi connectivity index (χ0n) is 17.1. The molecule has 0 aliphatic rings. The summed E-state index contributed by atoms with van der Waals surface area (Å²) >= 11 is 1.41. The van der Waals surface area contributed by atoms with Crippen LogP contribution in [0.4, 0.5) is 5.13 Å². The minimum atomic E-state index is -0.457. The Balaban J connectivity index is 1.58. The molecule has 30 heavy (non-hydrogen) atoms. The van der Waals surface area contributed by atoms with Gasteiger partial charge in [-0.05, 0) is 38.5 Å². The van der Waals surface area contributed by atoms with E-state index in [0.717, 1.165) is 17.0 Å². The predicted octanol–water partition coefficient (Wildman–Crippen LogP) is 4.33. The Morgan fingerprint density at radius 1 is 1.13 bits per heavy atom. The molecule has 0 unspecified atom stereocenters. The van der Waals surface area contributed by atoms with Crippen molar-refractivity contribution in [3.63, 3.8) is 0 Å². The van der Waals surface area contributed by atoms with Crippen LogP contribution in [0.3, 0.4) is 0 Å². The number of amides is 1. The Bertz CT molecular complexity index is 1290. The third kappa shape index (κ3) is 4.02. The molecule has 7 heteroatoms. The van der Waals surface area contributed by atoms with Crippen molar-refractivity contribution in [2.75, 3.05) is 5.32 Å². The number of benzene rings is 1. The Hall–Kier alpha value is -3.32. The van der Waals surface area contributed by atoms with Crippen molar-refractivity contribution in [1.82, 2.24) is 14.5 Å². The Labute approximate surface area is 178 Å². The predicted molar refractivity (Wildman–Crippen MR) is 120 cm³/mol. The maximum Gasteiger partial charge on any atom is 0.262 e. The van der Waals surface area contributed by atoms with Gasteiger partial charge in [-0.2, -0.15) is 0 Å². The van der Waals surface area contributed by atoms with Crippen LogP contribution < -0.4 is 10.7 Å². The van der Waals surface area contributed by atoms with E-state index in [1.807, 2.05) is 18.4 Å². The van der Waals surface area contributed by atoms with Crippen molar-refractivity contribution >= 4 is 33.4 Å². The summed E-state index contributed by atoms with van der Waals surface area (Å²) in [6.45, 7) is 6.49. The Morgan fingerprint density at radius 3 is 2.63 bits per heavy atom. The van der Waals surface area contributed by atoms with E-state index >= 15 is 0 Å². The second-order valence-electron chi connectivity index (χ2n) is 7.23. The summed E-state index contributed by atoms with van der Waals surface area (Å²) in [5.74, 6) is -0.457. The van der Waals surface area contributed by atoms with Crippen LogP contribution in [0.1, 0.15) is 39.0 Å². The fraction of sp³-hybridized carbons (Fsp3) is 0.217. The van der Waals surface area contributed by atoms with Crippen molar-refractivity contribution in [3.8, 4) is 0 Å². The van der Waals surface area contributed by atoms with Crippen LogP contribution in [0, 0.1) is 13.8 Å². The van der Waals surface area contributed by atoms with Crippen molar-refractivity contribution < 1.29 is 4.79 Å². The van der Waals surface area contributed by atoms with Gasteiger partial charge in [-0.1, -0.05) is 29.8 Å². The molecule has 0 radical (unpaired) electrons. The van der Waals surface area contributed by atoms with Gasteiger partial charge in [0.15, 0.2) is 5.13 Å². The molecule has 0 atom stereocenters. The molecular weight excluding hydrogens is 396 g/mol. The smallest absolute Gasteiger partial charge is 0.262 e. The van der Waals surface area contributed by atoms with Crippen LogP contribution in [0.5, 0.6) is 0 Å². The number of carbonyl (C=O) groups excluding carboxylic acids is 1. The highest BCUT2D eigenvalue weighted by molar-refractivity contribution is 7.15. The second kappa shape index (κ2) is 8.20. The van der Waals surface area contributed by atoms with E-state index in [4.69, 9.17) is 0 Å². The van der Waals surface area contributed by atoms with E-state index < -0.39 is 5.91 Å². The minimum Gasteiger partial charge on any atom is -0.332 e. The molecular formula is C23H22N4O2S. The van der Waals surface area contributed by atoms with Crippen LogP contribution in [0.15, 0.2) is 53.6 Å². The van der Waals surface area contributed by atoms with Gasteiger partial charge in [-0.15, -0.1) is 11.3 Å². The standard InChI is InChI=1S/C23H22N4O2S/c1-4-27-13-19(20(28)18-10-7-15(3)25-21(18)27)22(29)26-23-24-12-17(30-23)11-16-8-5-14(2)6-9-16/h5-10,12-13H,4,11H2,1-3H3,(H,24,26,29). The number of nitrogens with one attached hydrogen (secondary N) is 1. The van der Waals surface area contributed by atoms with Gasteiger partial charge in [0.05, 0.1) is 5.39 Å². The second-order valence-corrected chi connectivity index (χ2v) is 8.35. The normalized spacial score (nSPS) is 11.0. The summed E-state index contributed by atoms with van der Waals surface area (Å²) in [4.78, 5) is 35.5. The number of aryl methyl sites for hydroxylation is 3. The Kier molecular flexibility index (Phi) is 5.46. The van der Waals surface area contributed by atoms with Gasteiger partial charge in [0, 0.05) is 35.9 Å². The van der Waals surface area contributed by atoms with E-state index in [1.54, 1.807) is 24.5 Å². The molecule has 0 fully saturated rings. The van der Waals surface area contributed by atoms with Crippen LogP contribution in [0.25, 0.3) is 11.0 Å². The fourth-order valence-electron chi connectivity index (χ4n) is 3.28. The van der Waals surface area contributed by atoms with Crippen molar-refractivity contribution in [2.45, 2.75) is 33.7 Å². The molecule has 0 bridgehead atoms. The summed E-state index contributed by atoms with van der Waals surface area (Å²) in [7, 11) is 0. The molecule has 0 aliphatic carbocycles. The molecule has 4 aromatic rings. The number of hydrogen-bond donors (Lipinski definition) is 1. The molecule has 0 spiro atoms. The van der Waals surface area contributed by atoms with Crippen molar-refractivity contribution in [1.29, 1.82) is 0 Å². The highest BCUT2D eigenvalue weighted by atomic mass is 32.1. The number of pyridine rings is 2. The number of thiazole rings is 1. The summed E-state index contributed by atoms with van der Waals surface area (Å²) in [6, 6.07) is 11.8. The Morgan fingerprint density at radius 2 is 1.90 bits per heavy atom. The molecule has 0 saturated heterocycles. The molecule has 0 aliphatic heterocycles. The lowest BCUT2D eigenvalue weighted by atomic mass is 10.1. The fourth-order valence-corrected chi connectivity index (χ4v) is 4.12. The number of hydrogen-bond acceptors (Lipinski definition) is 5. The first-order valence-electron chi connectivity index (χ1n) is 9.77. The van der Waals surface area contributed by atoms with Gasteiger partial charge < -0.3 is 4.57 Å². The summed E-state index contributed by atoms with van der Waals surface area (Å²) in [5.41, 5.74) is 3.58. The van der Waals surface area contributed by atoms with Crippen molar-refractivity contribution in [3.05, 3.63) is 86.3 Å². The zero-order valence-corrected chi connectivity index (χ0v) is 17.9. The SMILES string of the molecule is CCn1cc(C(=O)Nc2ncc(Cc3ccc(C)cc3)s2)c(=O)c2ccc(C)nc21. The van der Waals surface area contributed by atoms with Gasteiger partial charge in [0.1, 0.15) is 11.2 Å². The maximum absolute atomic E-state index is 12.9. The lowest BCUT2D eigenvalue weighted by Crippen LogP contribution is -2.24. The van der Waals surface area contributed by atoms with Crippen molar-refractivity contribution in [2.24, 2.45) is 0 Å². The van der Waals surface area contributed by atoms with Gasteiger partial charge in [-0.3, -0.25) is 14.9 Å². The average Bonchev–Trinajstić information content (AvgIpc) is 3.16. The molecule has 1 aromatic carbocycles. The highest BCUT2D eigenvalue weighted by Gasteiger charge is 2.17. The average molecular weight is 419 g/mol. The third-order valence-corrected chi connectivity index (χ3v) is 5.83. The summed E-state index contributed by atoms with van der Waals surface area (Å²) < 4.78 is 1.82. The molecule has 6 nitrogen and oxygen atoms in total. The van der Waals surface area contributed by atoms with E-state index in [9.17, 15) is 9.59 Å². The molecule has 1 N–H and O–H groups in total. The van der Waals surface area contributed by atoms with Crippen LogP contribution >= 0.6 is 11.3 Å². The van der Waals surface area contributed by atoms with Crippen LogP contribution in [0.2, 0.25) is 0 Å². The van der Waals surface area contributed by atoms with Crippen LogP contribution in [-0.2, 0) is 13.0 Å².